The van der Waals surface area contributed by atoms with Gasteiger partial charge in [-0.1, -0.05) is 0 Å². The molecule has 7 heteroatoms. The summed E-state index contributed by atoms with van der Waals surface area (Å²) in [4.78, 5) is 2.17. The van der Waals surface area contributed by atoms with E-state index in [1.54, 1.807) is 0 Å². The standard InChI is InChI=1S/C13H30N4O3/c18-10-12(9-13(20)11-19)17-7-5-15-3-1-14-2-4-16-6-8-17/h12-16,18-20H,1-11H2. The smallest absolute Gasteiger partial charge is 0.0786 e. The molecule has 0 radical (unpaired) electrons. The van der Waals surface area contributed by atoms with E-state index in [9.17, 15) is 10.2 Å². The Bertz CT molecular complexity index is 222. The van der Waals surface area contributed by atoms with E-state index in [0.717, 1.165) is 52.4 Å². The Labute approximate surface area is 121 Å². The monoisotopic (exact) mass is 290 g/mol. The van der Waals surface area contributed by atoms with Gasteiger partial charge in [-0.3, -0.25) is 4.90 Å². The Balaban J connectivity index is 2.46. The van der Waals surface area contributed by atoms with Crippen LogP contribution in [0.4, 0.5) is 0 Å². The quantitative estimate of drug-likeness (QED) is 0.325. The molecule has 1 rings (SSSR count). The number of aliphatic hydroxyl groups is 3. The highest BCUT2D eigenvalue weighted by molar-refractivity contribution is 4.76. The number of nitrogens with one attached hydrogen (secondary N) is 3. The zero-order valence-electron chi connectivity index (χ0n) is 12.2. The van der Waals surface area contributed by atoms with Crippen molar-refractivity contribution < 1.29 is 15.3 Å². The molecule has 7 nitrogen and oxygen atoms in total. The fourth-order valence-corrected chi connectivity index (χ4v) is 2.38. The third kappa shape index (κ3) is 7.49. The Hall–Kier alpha value is -0.280. The van der Waals surface area contributed by atoms with Crippen LogP contribution in [0.15, 0.2) is 0 Å². The van der Waals surface area contributed by atoms with Gasteiger partial charge in [-0.25, -0.2) is 0 Å². The summed E-state index contributed by atoms with van der Waals surface area (Å²) in [5, 5.41) is 38.1. The second-order valence-electron chi connectivity index (χ2n) is 5.19. The van der Waals surface area contributed by atoms with Gasteiger partial charge in [0.1, 0.15) is 0 Å². The molecular formula is C13H30N4O3. The number of rotatable bonds is 5. The summed E-state index contributed by atoms with van der Waals surface area (Å²) in [5.74, 6) is 0. The molecule has 0 aliphatic carbocycles. The Morgan fingerprint density at radius 2 is 1.30 bits per heavy atom. The van der Waals surface area contributed by atoms with Gasteiger partial charge in [0.2, 0.25) is 0 Å². The molecule has 0 aromatic carbocycles. The number of hydrogen-bond donors (Lipinski definition) is 6. The maximum Gasteiger partial charge on any atom is 0.0786 e. The molecule has 1 aliphatic heterocycles. The molecule has 0 amide bonds. The van der Waals surface area contributed by atoms with Gasteiger partial charge in [0, 0.05) is 58.4 Å². The molecule has 1 saturated heterocycles. The molecule has 0 aromatic heterocycles. The third-order valence-electron chi connectivity index (χ3n) is 3.59. The summed E-state index contributed by atoms with van der Waals surface area (Å²) in [7, 11) is 0. The summed E-state index contributed by atoms with van der Waals surface area (Å²) in [6, 6.07) is -0.109. The number of hydrogen-bond acceptors (Lipinski definition) is 7. The SMILES string of the molecule is OCC(O)CC(CO)N1CCNCCNCCNCC1. The van der Waals surface area contributed by atoms with Gasteiger partial charge < -0.3 is 31.3 Å². The van der Waals surface area contributed by atoms with Crippen molar-refractivity contribution in [2.24, 2.45) is 0 Å². The maximum atomic E-state index is 9.57. The molecule has 1 fully saturated rings. The van der Waals surface area contributed by atoms with Crippen LogP contribution >= 0.6 is 0 Å². The first-order chi connectivity index (χ1) is 9.77. The zero-order valence-corrected chi connectivity index (χ0v) is 12.2. The molecule has 6 N–H and O–H groups in total. The predicted molar refractivity (Wildman–Crippen MR) is 78.8 cm³/mol. The molecule has 1 aliphatic rings. The van der Waals surface area contributed by atoms with E-state index in [0.29, 0.717) is 6.42 Å². The van der Waals surface area contributed by atoms with Crippen LogP contribution in [0.5, 0.6) is 0 Å². The highest BCUT2D eigenvalue weighted by Crippen LogP contribution is 2.06. The minimum Gasteiger partial charge on any atom is -0.395 e. The lowest BCUT2D eigenvalue weighted by Crippen LogP contribution is -2.48. The average molecular weight is 290 g/mol. The van der Waals surface area contributed by atoms with Crippen molar-refractivity contribution in [3.63, 3.8) is 0 Å². The lowest BCUT2D eigenvalue weighted by Gasteiger charge is -2.32. The number of aliphatic hydroxyl groups excluding tert-OH is 3. The van der Waals surface area contributed by atoms with Gasteiger partial charge in [0.25, 0.3) is 0 Å². The molecular weight excluding hydrogens is 260 g/mol. The lowest BCUT2D eigenvalue weighted by molar-refractivity contribution is 0.0372. The second kappa shape index (κ2) is 11.4. The minimum atomic E-state index is -0.765. The third-order valence-corrected chi connectivity index (χ3v) is 3.59. The van der Waals surface area contributed by atoms with Crippen LogP contribution < -0.4 is 16.0 Å². The van der Waals surface area contributed by atoms with Gasteiger partial charge in [0.15, 0.2) is 0 Å². The van der Waals surface area contributed by atoms with Crippen molar-refractivity contribution in [2.75, 3.05) is 65.6 Å². The predicted octanol–water partition coefficient (Wildman–Crippen LogP) is -2.82. The summed E-state index contributed by atoms with van der Waals surface area (Å²) in [6.45, 7) is 6.86. The molecule has 0 bridgehead atoms. The van der Waals surface area contributed by atoms with Crippen molar-refractivity contribution in [3.8, 4) is 0 Å². The van der Waals surface area contributed by atoms with Crippen LogP contribution in [0.2, 0.25) is 0 Å². The molecule has 120 valence electrons. The van der Waals surface area contributed by atoms with Crippen LogP contribution in [0.3, 0.4) is 0 Å². The van der Waals surface area contributed by atoms with Gasteiger partial charge >= 0.3 is 0 Å². The lowest BCUT2D eigenvalue weighted by atomic mass is 10.1. The molecule has 0 spiro atoms. The molecule has 0 aromatic rings. The minimum absolute atomic E-state index is 0.00137. The Morgan fingerprint density at radius 3 is 1.75 bits per heavy atom. The molecule has 2 unspecified atom stereocenters. The topological polar surface area (TPSA) is 100 Å². The van der Waals surface area contributed by atoms with Gasteiger partial charge in [-0.15, -0.1) is 0 Å². The van der Waals surface area contributed by atoms with Gasteiger partial charge in [0.05, 0.1) is 19.3 Å². The zero-order chi connectivity index (χ0) is 14.6. The van der Waals surface area contributed by atoms with E-state index in [4.69, 9.17) is 5.11 Å². The van der Waals surface area contributed by atoms with Crippen LogP contribution in [0, 0.1) is 0 Å². The Kier molecular flexibility index (Phi) is 10.1. The summed E-state index contributed by atoms with van der Waals surface area (Å²) >= 11 is 0. The first-order valence-electron chi connectivity index (χ1n) is 7.54. The maximum absolute atomic E-state index is 9.57. The largest absolute Gasteiger partial charge is 0.395 e. The summed E-state index contributed by atoms with van der Waals surface area (Å²) in [6.07, 6.45) is -0.368. The van der Waals surface area contributed by atoms with Crippen LogP contribution in [0.25, 0.3) is 0 Å². The first-order valence-corrected chi connectivity index (χ1v) is 7.54. The van der Waals surface area contributed by atoms with E-state index >= 15 is 0 Å². The highest BCUT2D eigenvalue weighted by atomic mass is 16.3. The van der Waals surface area contributed by atoms with Crippen molar-refractivity contribution >= 4 is 0 Å². The number of nitrogens with zero attached hydrogens (tertiary/aromatic N) is 1. The van der Waals surface area contributed by atoms with E-state index in [-0.39, 0.29) is 19.3 Å². The van der Waals surface area contributed by atoms with E-state index in [2.05, 4.69) is 20.9 Å². The van der Waals surface area contributed by atoms with Crippen LogP contribution in [0.1, 0.15) is 6.42 Å². The van der Waals surface area contributed by atoms with Crippen LogP contribution in [-0.4, -0.2) is 97.9 Å². The Morgan fingerprint density at radius 1 is 0.800 bits per heavy atom. The van der Waals surface area contributed by atoms with E-state index < -0.39 is 6.10 Å². The van der Waals surface area contributed by atoms with E-state index in [1.807, 2.05) is 0 Å². The van der Waals surface area contributed by atoms with Crippen molar-refractivity contribution in [3.05, 3.63) is 0 Å². The second-order valence-corrected chi connectivity index (χ2v) is 5.19. The summed E-state index contributed by atoms with van der Waals surface area (Å²) in [5.41, 5.74) is 0. The van der Waals surface area contributed by atoms with E-state index in [1.165, 1.54) is 0 Å². The molecule has 20 heavy (non-hydrogen) atoms. The molecule has 0 saturated carbocycles. The fourth-order valence-electron chi connectivity index (χ4n) is 2.38. The van der Waals surface area contributed by atoms with Crippen molar-refractivity contribution in [1.29, 1.82) is 0 Å². The van der Waals surface area contributed by atoms with Crippen molar-refractivity contribution in [1.82, 2.24) is 20.9 Å². The van der Waals surface area contributed by atoms with Gasteiger partial charge in [-0.05, 0) is 6.42 Å². The van der Waals surface area contributed by atoms with Crippen LogP contribution in [-0.2, 0) is 0 Å². The van der Waals surface area contributed by atoms with Crippen molar-refractivity contribution in [2.45, 2.75) is 18.6 Å². The normalized spacial score (nSPS) is 23.6. The molecule has 1 heterocycles. The first kappa shape index (κ1) is 17.8. The molecule has 2 atom stereocenters. The highest BCUT2D eigenvalue weighted by Gasteiger charge is 2.20. The van der Waals surface area contributed by atoms with Gasteiger partial charge in [-0.2, -0.15) is 0 Å². The fraction of sp³-hybridized carbons (Fsp3) is 1.00. The average Bonchev–Trinajstić information content (AvgIpc) is 2.45. The summed E-state index contributed by atoms with van der Waals surface area (Å²) < 4.78 is 0.